The summed E-state index contributed by atoms with van der Waals surface area (Å²) < 4.78 is 0. The number of rotatable bonds is 2. The average molecular weight is 377 g/mol. The zero-order chi connectivity index (χ0) is 19.3. The molecule has 3 aromatic heterocycles. The number of fused-ring (bicyclic) bond motifs is 2. The molecule has 2 N–H and O–H groups in total. The van der Waals surface area contributed by atoms with Crippen LogP contribution in [0.5, 0.6) is 0 Å². The van der Waals surface area contributed by atoms with Crippen LogP contribution >= 0.6 is 0 Å². The molecule has 1 aliphatic heterocycles. The lowest BCUT2D eigenvalue weighted by molar-refractivity contribution is 0.0705. The Labute approximate surface area is 164 Å². The predicted molar refractivity (Wildman–Crippen MR) is 108 cm³/mol. The molecule has 0 unspecified atom stereocenters. The number of piperidine rings is 1. The highest BCUT2D eigenvalue weighted by Crippen LogP contribution is 2.36. The van der Waals surface area contributed by atoms with Gasteiger partial charge in [0.1, 0.15) is 5.65 Å². The fraction of sp³-hybridized carbons (Fsp3) is 0.500. The highest BCUT2D eigenvalue weighted by Gasteiger charge is 2.33. The van der Waals surface area contributed by atoms with Gasteiger partial charge in [0.2, 0.25) is 0 Å². The van der Waals surface area contributed by atoms with Gasteiger partial charge in [-0.3, -0.25) is 9.89 Å². The lowest BCUT2D eigenvalue weighted by atomic mass is 9.76. The van der Waals surface area contributed by atoms with Crippen molar-refractivity contribution in [2.45, 2.75) is 51.9 Å². The summed E-state index contributed by atoms with van der Waals surface area (Å²) in [5.41, 5.74) is 5.51. The first-order valence-electron chi connectivity index (χ1n) is 10.3. The molecule has 0 spiro atoms. The number of aromatic nitrogens is 4. The van der Waals surface area contributed by atoms with Crippen molar-refractivity contribution >= 4 is 16.9 Å². The first-order valence-corrected chi connectivity index (χ1v) is 10.3. The number of carbonyl (C=O) groups is 1. The Morgan fingerprint density at radius 2 is 2.11 bits per heavy atom. The van der Waals surface area contributed by atoms with Crippen LogP contribution in [0.4, 0.5) is 0 Å². The summed E-state index contributed by atoms with van der Waals surface area (Å²) in [6.45, 7) is 6.12. The maximum Gasteiger partial charge on any atom is 0.274 e. The minimum absolute atomic E-state index is 0.0937. The second-order valence-corrected chi connectivity index (χ2v) is 9.08. The maximum atomic E-state index is 13.1. The Morgan fingerprint density at radius 1 is 1.29 bits per heavy atom. The molecule has 1 saturated heterocycles. The number of likely N-dealkylation sites (tertiary alicyclic amines) is 1. The van der Waals surface area contributed by atoms with Crippen LogP contribution in [0.1, 0.15) is 66.3 Å². The minimum atomic E-state index is 0.0937. The molecule has 5 rings (SSSR count). The molecule has 4 heterocycles. The van der Waals surface area contributed by atoms with Crippen molar-refractivity contribution in [3.63, 3.8) is 0 Å². The van der Waals surface area contributed by atoms with Crippen molar-refractivity contribution < 1.29 is 4.79 Å². The molecule has 6 heteroatoms. The number of carbonyl (C=O) groups excluding carboxylic acids is 1. The molecule has 6 nitrogen and oxygen atoms in total. The van der Waals surface area contributed by atoms with Crippen molar-refractivity contribution in [1.82, 2.24) is 25.1 Å². The standard InChI is InChI=1S/C22H27N5O/c1-22(2)8-5-16-18(12-22)25-26-19(16)21(28)27-10-6-14(7-11-27)17-13-24-20-15(17)4-3-9-23-20/h3-4,9,13-14H,5-8,10-12H2,1-2H3,(H,23,24)(H,25,26). The number of aromatic amines is 2. The van der Waals surface area contributed by atoms with Crippen molar-refractivity contribution in [2.75, 3.05) is 13.1 Å². The number of nitrogens with one attached hydrogen (secondary N) is 2. The minimum Gasteiger partial charge on any atom is -0.346 e. The van der Waals surface area contributed by atoms with Crippen LogP contribution in [0, 0.1) is 5.41 Å². The molecule has 28 heavy (non-hydrogen) atoms. The molecular weight excluding hydrogens is 350 g/mol. The number of nitrogens with zero attached hydrogens (tertiary/aromatic N) is 3. The van der Waals surface area contributed by atoms with E-state index < -0.39 is 0 Å². The quantitative estimate of drug-likeness (QED) is 0.713. The van der Waals surface area contributed by atoms with Gasteiger partial charge in [-0.25, -0.2) is 4.98 Å². The Balaban J connectivity index is 1.30. The second-order valence-electron chi connectivity index (χ2n) is 9.08. The third kappa shape index (κ3) is 2.91. The highest BCUT2D eigenvalue weighted by molar-refractivity contribution is 5.94. The van der Waals surface area contributed by atoms with Gasteiger partial charge in [0.05, 0.1) is 0 Å². The van der Waals surface area contributed by atoms with E-state index in [9.17, 15) is 4.79 Å². The van der Waals surface area contributed by atoms with Crippen LogP contribution in [0.2, 0.25) is 0 Å². The van der Waals surface area contributed by atoms with Crippen molar-refractivity contribution in [1.29, 1.82) is 0 Å². The van der Waals surface area contributed by atoms with Gasteiger partial charge in [-0.1, -0.05) is 13.8 Å². The van der Waals surface area contributed by atoms with E-state index in [1.54, 1.807) is 0 Å². The summed E-state index contributed by atoms with van der Waals surface area (Å²) in [6, 6.07) is 4.11. The normalized spacial score (nSPS) is 19.7. The van der Waals surface area contributed by atoms with Crippen LogP contribution in [-0.2, 0) is 12.8 Å². The van der Waals surface area contributed by atoms with Gasteiger partial charge < -0.3 is 9.88 Å². The summed E-state index contributed by atoms with van der Waals surface area (Å²) >= 11 is 0. The van der Waals surface area contributed by atoms with Gasteiger partial charge >= 0.3 is 0 Å². The zero-order valence-electron chi connectivity index (χ0n) is 16.6. The van der Waals surface area contributed by atoms with Crippen molar-refractivity contribution in [3.05, 3.63) is 47.0 Å². The van der Waals surface area contributed by atoms with Crippen LogP contribution in [0.3, 0.4) is 0 Å². The second kappa shape index (κ2) is 6.47. The molecule has 3 aromatic rings. The fourth-order valence-corrected chi connectivity index (χ4v) is 4.88. The zero-order valence-corrected chi connectivity index (χ0v) is 16.6. The van der Waals surface area contributed by atoms with E-state index in [4.69, 9.17) is 0 Å². The van der Waals surface area contributed by atoms with Crippen LogP contribution < -0.4 is 0 Å². The Kier molecular flexibility index (Phi) is 4.03. The predicted octanol–water partition coefficient (Wildman–Crippen LogP) is 3.82. The number of H-pyrrole nitrogens is 2. The van der Waals surface area contributed by atoms with Crippen LogP contribution in [0.15, 0.2) is 24.5 Å². The lowest BCUT2D eigenvalue weighted by Crippen LogP contribution is -2.38. The highest BCUT2D eigenvalue weighted by atomic mass is 16.2. The molecule has 0 bridgehead atoms. The summed E-state index contributed by atoms with van der Waals surface area (Å²) in [7, 11) is 0. The molecule has 1 amide bonds. The Hall–Kier alpha value is -2.63. The average Bonchev–Trinajstić information content (AvgIpc) is 3.30. The van der Waals surface area contributed by atoms with E-state index in [2.05, 4.69) is 46.3 Å². The van der Waals surface area contributed by atoms with Gasteiger partial charge in [-0.2, -0.15) is 5.10 Å². The van der Waals surface area contributed by atoms with Gasteiger partial charge in [0, 0.05) is 42.1 Å². The maximum absolute atomic E-state index is 13.1. The lowest BCUT2D eigenvalue weighted by Gasteiger charge is -2.32. The van der Waals surface area contributed by atoms with E-state index in [0.717, 1.165) is 62.1 Å². The number of pyridine rings is 1. The first kappa shape index (κ1) is 17.5. The smallest absolute Gasteiger partial charge is 0.274 e. The van der Waals surface area contributed by atoms with Gasteiger partial charge in [0.15, 0.2) is 5.69 Å². The van der Waals surface area contributed by atoms with Crippen molar-refractivity contribution in [2.24, 2.45) is 5.41 Å². The molecule has 0 radical (unpaired) electrons. The summed E-state index contributed by atoms with van der Waals surface area (Å²) in [6.07, 6.45) is 8.89. The first-order chi connectivity index (χ1) is 13.5. The van der Waals surface area contributed by atoms with E-state index in [1.807, 2.05) is 17.2 Å². The van der Waals surface area contributed by atoms with E-state index in [0.29, 0.717) is 11.6 Å². The Bertz CT molecular complexity index is 1020. The number of hydrogen-bond donors (Lipinski definition) is 2. The van der Waals surface area contributed by atoms with Crippen LogP contribution in [0.25, 0.3) is 11.0 Å². The third-order valence-electron chi connectivity index (χ3n) is 6.57. The monoisotopic (exact) mass is 377 g/mol. The number of hydrogen-bond acceptors (Lipinski definition) is 3. The van der Waals surface area contributed by atoms with Gasteiger partial charge in [-0.15, -0.1) is 0 Å². The van der Waals surface area contributed by atoms with E-state index >= 15 is 0 Å². The molecule has 1 aliphatic carbocycles. The summed E-state index contributed by atoms with van der Waals surface area (Å²) in [5.74, 6) is 0.562. The largest absolute Gasteiger partial charge is 0.346 e. The number of amides is 1. The topological polar surface area (TPSA) is 77.7 Å². The summed E-state index contributed by atoms with van der Waals surface area (Å²) in [5, 5.41) is 8.77. The van der Waals surface area contributed by atoms with Crippen molar-refractivity contribution in [3.8, 4) is 0 Å². The van der Waals surface area contributed by atoms with E-state index in [1.165, 1.54) is 10.9 Å². The SMILES string of the molecule is CC1(C)CCc2c(C(=O)N3CCC(c4c[nH]c5ncccc45)CC3)n[nH]c2C1. The summed E-state index contributed by atoms with van der Waals surface area (Å²) in [4.78, 5) is 22.8. The molecule has 0 aromatic carbocycles. The molecule has 2 aliphatic rings. The fourth-order valence-electron chi connectivity index (χ4n) is 4.88. The van der Waals surface area contributed by atoms with E-state index in [-0.39, 0.29) is 11.3 Å². The molecule has 146 valence electrons. The van der Waals surface area contributed by atoms with Crippen LogP contribution in [-0.4, -0.2) is 44.1 Å². The van der Waals surface area contributed by atoms with Gasteiger partial charge in [-0.05, 0) is 61.1 Å². The molecular formula is C22H27N5O. The molecule has 0 saturated carbocycles. The molecule has 0 atom stereocenters. The Morgan fingerprint density at radius 3 is 2.93 bits per heavy atom. The van der Waals surface area contributed by atoms with Gasteiger partial charge in [0.25, 0.3) is 5.91 Å². The molecule has 1 fully saturated rings. The third-order valence-corrected chi connectivity index (χ3v) is 6.57.